The molecule has 0 saturated heterocycles. The highest BCUT2D eigenvalue weighted by atomic mass is 19.1. The summed E-state index contributed by atoms with van der Waals surface area (Å²) >= 11 is 0. The molecule has 96 valence electrons. The monoisotopic (exact) mass is 246 g/mol. The molecule has 0 saturated carbocycles. The average Bonchev–Trinajstić information content (AvgIpc) is 2.29. The summed E-state index contributed by atoms with van der Waals surface area (Å²) in [4.78, 5) is 15.1. The number of hydrogen-bond acceptors (Lipinski definition) is 5. The first-order valence-electron chi connectivity index (χ1n) is 5.06. The third kappa shape index (κ3) is 3.58. The molecule has 0 spiro atoms. The highest BCUT2D eigenvalue weighted by Gasteiger charge is 2.15. The Morgan fingerprint density at radius 2 is 2.35 bits per heavy atom. The second-order valence-corrected chi connectivity index (χ2v) is 3.37. The van der Waals surface area contributed by atoms with Gasteiger partial charge in [0.25, 0.3) is 0 Å². The van der Waals surface area contributed by atoms with Crippen molar-refractivity contribution in [1.82, 2.24) is 9.55 Å². The normalized spacial score (nSPS) is 12.7. The van der Waals surface area contributed by atoms with Crippen LogP contribution in [0.2, 0.25) is 0 Å². The molecule has 0 aliphatic carbocycles. The first kappa shape index (κ1) is 13.8. The van der Waals surface area contributed by atoms with Crippen LogP contribution < -0.4 is 5.69 Å². The minimum absolute atomic E-state index is 0.0238. The Hall–Kier alpha value is -1.31. The largest absolute Gasteiger partial charge is 0.394 e. The maximum atomic E-state index is 13.3. The lowest BCUT2D eigenvalue weighted by Crippen LogP contribution is -2.32. The number of aliphatic hydroxyl groups excluding tert-OH is 1. The molecule has 17 heavy (non-hydrogen) atoms. The third-order valence-electron chi connectivity index (χ3n) is 2.10. The minimum atomic E-state index is -0.803. The van der Waals surface area contributed by atoms with E-state index in [-0.39, 0.29) is 25.5 Å². The summed E-state index contributed by atoms with van der Waals surface area (Å²) in [6.07, 6.45) is 0.216. The molecule has 7 heteroatoms. The second kappa shape index (κ2) is 6.43. The van der Waals surface area contributed by atoms with E-state index in [0.717, 1.165) is 10.8 Å². The number of aromatic nitrogens is 2. The molecule has 0 unspecified atom stereocenters. The molecule has 0 amide bonds. The van der Waals surface area contributed by atoms with Gasteiger partial charge in [-0.3, -0.25) is 4.57 Å². The molecule has 1 aromatic heterocycles. The predicted molar refractivity (Wildman–Crippen MR) is 57.1 cm³/mol. The van der Waals surface area contributed by atoms with Crippen LogP contribution in [0, 0.1) is 12.7 Å². The number of aryl methyl sites for hydroxylation is 1. The van der Waals surface area contributed by atoms with Gasteiger partial charge in [0.1, 0.15) is 0 Å². The van der Waals surface area contributed by atoms with Crippen LogP contribution in [-0.2, 0) is 9.47 Å². The Bertz CT molecular complexity index is 421. The molecule has 1 rings (SSSR count). The van der Waals surface area contributed by atoms with Gasteiger partial charge in [0, 0.05) is 13.3 Å². The molecule has 6 nitrogen and oxygen atoms in total. The van der Waals surface area contributed by atoms with Crippen LogP contribution in [0.15, 0.2) is 11.0 Å². The zero-order valence-electron chi connectivity index (χ0n) is 9.72. The number of halogens is 1. The first-order chi connectivity index (χ1) is 8.10. The van der Waals surface area contributed by atoms with E-state index in [2.05, 4.69) is 4.98 Å². The van der Waals surface area contributed by atoms with E-state index in [4.69, 9.17) is 14.6 Å². The SMILES string of the molecule is COC[C@@H](OCCO)n1cc(F)c(C)nc1=O. The number of ether oxygens (including phenoxy) is 2. The molecular formula is C10H15FN2O4. The van der Waals surface area contributed by atoms with Crippen LogP contribution >= 0.6 is 0 Å². The molecule has 0 aromatic carbocycles. The minimum Gasteiger partial charge on any atom is -0.394 e. The summed E-state index contributed by atoms with van der Waals surface area (Å²) in [6, 6.07) is 0. The van der Waals surface area contributed by atoms with Crippen molar-refractivity contribution in [3.05, 3.63) is 28.2 Å². The highest BCUT2D eigenvalue weighted by Crippen LogP contribution is 2.08. The van der Waals surface area contributed by atoms with Crippen LogP contribution in [0.1, 0.15) is 11.9 Å². The number of hydrogen-bond donors (Lipinski definition) is 1. The molecule has 1 atom stereocenters. The molecule has 1 N–H and O–H groups in total. The Morgan fingerprint density at radius 1 is 1.65 bits per heavy atom. The molecule has 1 heterocycles. The van der Waals surface area contributed by atoms with Gasteiger partial charge in [-0.15, -0.1) is 0 Å². The lowest BCUT2D eigenvalue weighted by atomic mass is 10.4. The number of rotatable bonds is 6. The fourth-order valence-electron chi connectivity index (χ4n) is 1.27. The fraction of sp³-hybridized carbons (Fsp3) is 0.600. The van der Waals surface area contributed by atoms with Gasteiger partial charge in [0.15, 0.2) is 12.0 Å². The molecule has 1 aromatic rings. The summed E-state index contributed by atoms with van der Waals surface area (Å²) in [5.41, 5.74) is -0.589. The van der Waals surface area contributed by atoms with E-state index in [0.29, 0.717) is 0 Å². The van der Waals surface area contributed by atoms with Gasteiger partial charge in [-0.1, -0.05) is 0 Å². The number of nitrogens with zero attached hydrogens (tertiary/aromatic N) is 2. The Morgan fingerprint density at radius 3 is 2.94 bits per heavy atom. The molecule has 0 aliphatic heterocycles. The number of aliphatic hydroxyl groups is 1. The Labute approximate surface area is 97.6 Å². The van der Waals surface area contributed by atoms with Gasteiger partial charge in [-0.25, -0.2) is 9.18 Å². The Kier molecular flexibility index (Phi) is 5.20. The topological polar surface area (TPSA) is 73.6 Å². The summed E-state index contributed by atoms with van der Waals surface area (Å²) in [5, 5.41) is 8.66. The second-order valence-electron chi connectivity index (χ2n) is 3.37. The first-order valence-corrected chi connectivity index (χ1v) is 5.06. The van der Waals surface area contributed by atoms with Gasteiger partial charge in [0.2, 0.25) is 0 Å². The van der Waals surface area contributed by atoms with Crippen LogP contribution in [0.3, 0.4) is 0 Å². The van der Waals surface area contributed by atoms with E-state index in [9.17, 15) is 9.18 Å². The van der Waals surface area contributed by atoms with Crippen LogP contribution in [0.4, 0.5) is 4.39 Å². The number of methoxy groups -OCH3 is 1. The van der Waals surface area contributed by atoms with Gasteiger partial charge in [-0.2, -0.15) is 4.98 Å². The molecule has 0 radical (unpaired) electrons. The summed E-state index contributed by atoms with van der Waals surface area (Å²) in [7, 11) is 1.43. The lowest BCUT2D eigenvalue weighted by Gasteiger charge is -2.18. The smallest absolute Gasteiger partial charge is 0.350 e. The van der Waals surface area contributed by atoms with Gasteiger partial charge >= 0.3 is 5.69 Å². The zero-order chi connectivity index (χ0) is 12.8. The molecular weight excluding hydrogens is 231 g/mol. The standard InChI is InChI=1S/C10H15FN2O4/c1-7-8(11)5-13(10(15)12-7)9(6-16-2)17-4-3-14/h5,9,14H,3-4,6H2,1-2H3/t9-/m1/s1. The van der Waals surface area contributed by atoms with Gasteiger partial charge < -0.3 is 14.6 Å². The summed E-state index contributed by atoms with van der Waals surface area (Å²) in [6.45, 7) is 1.29. The van der Waals surface area contributed by atoms with Gasteiger partial charge in [0.05, 0.1) is 25.5 Å². The Balaban J connectivity index is 3.00. The van der Waals surface area contributed by atoms with E-state index in [1.807, 2.05) is 0 Å². The van der Waals surface area contributed by atoms with Crippen molar-refractivity contribution in [3.8, 4) is 0 Å². The van der Waals surface area contributed by atoms with Crippen molar-refractivity contribution in [1.29, 1.82) is 0 Å². The van der Waals surface area contributed by atoms with Crippen LogP contribution in [-0.4, -0.2) is 41.6 Å². The maximum Gasteiger partial charge on any atom is 0.350 e. The van der Waals surface area contributed by atoms with Crippen molar-refractivity contribution in [2.24, 2.45) is 0 Å². The molecule has 0 bridgehead atoms. The summed E-state index contributed by atoms with van der Waals surface area (Å²) in [5.74, 6) is -0.599. The molecule has 0 aliphatic rings. The zero-order valence-corrected chi connectivity index (χ0v) is 9.72. The quantitative estimate of drug-likeness (QED) is 0.755. The van der Waals surface area contributed by atoms with E-state index in [1.165, 1.54) is 14.0 Å². The van der Waals surface area contributed by atoms with Gasteiger partial charge in [-0.05, 0) is 6.92 Å². The van der Waals surface area contributed by atoms with E-state index < -0.39 is 17.7 Å². The predicted octanol–water partition coefficient (Wildman–Crippen LogP) is -0.155. The maximum absolute atomic E-state index is 13.3. The lowest BCUT2D eigenvalue weighted by molar-refractivity contribution is -0.0595. The summed E-state index contributed by atoms with van der Waals surface area (Å²) < 4.78 is 24.4. The molecule has 0 fully saturated rings. The van der Waals surface area contributed by atoms with E-state index in [1.54, 1.807) is 0 Å². The van der Waals surface area contributed by atoms with Crippen molar-refractivity contribution >= 4 is 0 Å². The van der Waals surface area contributed by atoms with Crippen molar-refractivity contribution < 1.29 is 19.0 Å². The average molecular weight is 246 g/mol. The van der Waals surface area contributed by atoms with E-state index >= 15 is 0 Å². The third-order valence-corrected chi connectivity index (χ3v) is 2.10. The van der Waals surface area contributed by atoms with Crippen molar-refractivity contribution in [3.63, 3.8) is 0 Å². The van der Waals surface area contributed by atoms with Crippen molar-refractivity contribution in [2.45, 2.75) is 13.2 Å². The van der Waals surface area contributed by atoms with Crippen LogP contribution in [0.25, 0.3) is 0 Å². The highest BCUT2D eigenvalue weighted by molar-refractivity contribution is 5.00. The van der Waals surface area contributed by atoms with Crippen molar-refractivity contribution in [2.75, 3.05) is 26.9 Å². The fourth-order valence-corrected chi connectivity index (χ4v) is 1.27. The van der Waals surface area contributed by atoms with Crippen LogP contribution in [0.5, 0.6) is 0 Å².